The number of thiophene rings is 1. The molecule has 0 aliphatic rings. The van der Waals surface area contributed by atoms with Crippen LogP contribution in [0.1, 0.15) is 28.9 Å². The maximum absolute atomic E-state index is 12.1. The molecule has 2 aromatic rings. The number of nitrogens with zero attached hydrogens (tertiary/aromatic N) is 1. The zero-order chi connectivity index (χ0) is 14.7. The smallest absolute Gasteiger partial charge is 0.282 e. The predicted octanol–water partition coefficient (Wildman–Crippen LogP) is 2.85. The maximum atomic E-state index is 12.1. The summed E-state index contributed by atoms with van der Waals surface area (Å²) in [5.41, 5.74) is 0.432. The fourth-order valence-electron chi connectivity index (χ4n) is 1.74. The number of phenolic OH excluding ortho intramolecular Hbond substituents is 1. The van der Waals surface area contributed by atoms with Gasteiger partial charge in [-0.15, -0.1) is 0 Å². The number of nitro groups is 1. The highest BCUT2D eigenvalue weighted by molar-refractivity contribution is 7.07. The van der Waals surface area contributed by atoms with Crippen molar-refractivity contribution in [3.8, 4) is 5.75 Å². The Kier molecular flexibility index (Phi) is 3.99. The number of hydrogen-bond donors (Lipinski definition) is 2. The van der Waals surface area contributed by atoms with Crippen LogP contribution in [-0.2, 0) is 0 Å². The van der Waals surface area contributed by atoms with Gasteiger partial charge in [0.15, 0.2) is 0 Å². The van der Waals surface area contributed by atoms with Crippen molar-refractivity contribution in [1.29, 1.82) is 0 Å². The quantitative estimate of drug-likeness (QED) is 0.669. The van der Waals surface area contributed by atoms with Crippen molar-refractivity contribution >= 4 is 22.9 Å². The van der Waals surface area contributed by atoms with E-state index in [2.05, 4.69) is 5.32 Å². The van der Waals surface area contributed by atoms with Crippen molar-refractivity contribution in [2.45, 2.75) is 13.0 Å². The third kappa shape index (κ3) is 2.94. The molecule has 2 N–H and O–H groups in total. The topological polar surface area (TPSA) is 92.5 Å². The van der Waals surface area contributed by atoms with Gasteiger partial charge in [0.1, 0.15) is 11.3 Å². The Morgan fingerprint density at radius 3 is 2.80 bits per heavy atom. The van der Waals surface area contributed by atoms with Gasteiger partial charge in [0.25, 0.3) is 11.6 Å². The summed E-state index contributed by atoms with van der Waals surface area (Å²) in [6, 6.07) is 4.98. The molecule has 7 heteroatoms. The standard InChI is InChI=1S/C13H12N2O4S/c1-8(9-4-5-20-7-9)14-13(17)11-6-10(16)2-3-12(11)15(18)19/h2-8,16H,1H3,(H,14,17). The van der Waals surface area contributed by atoms with Gasteiger partial charge in [-0.1, -0.05) is 0 Å². The Bertz CT molecular complexity index is 640. The van der Waals surface area contributed by atoms with E-state index in [1.807, 2.05) is 16.8 Å². The summed E-state index contributed by atoms with van der Waals surface area (Å²) in [7, 11) is 0. The van der Waals surface area contributed by atoms with E-state index in [1.54, 1.807) is 6.92 Å². The molecule has 20 heavy (non-hydrogen) atoms. The van der Waals surface area contributed by atoms with Crippen molar-refractivity contribution in [1.82, 2.24) is 5.32 Å². The lowest BCUT2D eigenvalue weighted by atomic mass is 10.1. The Hall–Kier alpha value is -2.41. The summed E-state index contributed by atoms with van der Waals surface area (Å²) in [6.07, 6.45) is 0. The molecule has 0 spiro atoms. The highest BCUT2D eigenvalue weighted by atomic mass is 32.1. The Balaban J connectivity index is 2.25. The van der Waals surface area contributed by atoms with Gasteiger partial charge in [0.2, 0.25) is 0 Å². The van der Waals surface area contributed by atoms with Crippen LogP contribution in [0.15, 0.2) is 35.0 Å². The lowest BCUT2D eigenvalue weighted by Gasteiger charge is -2.12. The fourth-order valence-corrected chi connectivity index (χ4v) is 2.50. The molecule has 1 unspecified atom stereocenters. The molecule has 1 heterocycles. The lowest BCUT2D eigenvalue weighted by Crippen LogP contribution is -2.27. The molecular weight excluding hydrogens is 280 g/mol. The number of phenols is 1. The van der Waals surface area contributed by atoms with Crippen LogP contribution in [0.4, 0.5) is 5.69 Å². The molecule has 1 aromatic carbocycles. The van der Waals surface area contributed by atoms with Gasteiger partial charge < -0.3 is 10.4 Å². The minimum absolute atomic E-state index is 0.155. The monoisotopic (exact) mass is 292 g/mol. The summed E-state index contributed by atoms with van der Waals surface area (Å²) < 4.78 is 0. The average Bonchev–Trinajstić information content (AvgIpc) is 2.92. The van der Waals surface area contributed by atoms with E-state index >= 15 is 0 Å². The van der Waals surface area contributed by atoms with Crippen molar-refractivity contribution < 1.29 is 14.8 Å². The molecule has 1 amide bonds. The molecule has 0 saturated carbocycles. The van der Waals surface area contributed by atoms with Crippen LogP contribution < -0.4 is 5.32 Å². The number of nitrogens with one attached hydrogen (secondary N) is 1. The molecule has 0 bridgehead atoms. The molecule has 0 aliphatic heterocycles. The van der Waals surface area contributed by atoms with Crippen LogP contribution in [0.3, 0.4) is 0 Å². The van der Waals surface area contributed by atoms with E-state index in [0.717, 1.165) is 17.7 Å². The number of hydrogen-bond acceptors (Lipinski definition) is 5. The second kappa shape index (κ2) is 5.70. The van der Waals surface area contributed by atoms with E-state index in [9.17, 15) is 20.0 Å². The molecule has 104 valence electrons. The lowest BCUT2D eigenvalue weighted by molar-refractivity contribution is -0.385. The molecule has 2 rings (SSSR count). The summed E-state index contributed by atoms with van der Waals surface area (Å²) in [5.74, 6) is -0.782. The van der Waals surface area contributed by atoms with Crippen molar-refractivity contribution in [3.05, 3.63) is 56.3 Å². The number of carbonyl (C=O) groups excluding carboxylic acids is 1. The van der Waals surface area contributed by atoms with Crippen LogP contribution in [0, 0.1) is 10.1 Å². The van der Waals surface area contributed by atoms with Crippen LogP contribution in [0.5, 0.6) is 5.75 Å². The minimum atomic E-state index is -0.649. The van der Waals surface area contributed by atoms with E-state index in [-0.39, 0.29) is 23.0 Å². The maximum Gasteiger partial charge on any atom is 0.282 e. The van der Waals surface area contributed by atoms with Crippen molar-refractivity contribution in [2.24, 2.45) is 0 Å². The number of carbonyl (C=O) groups is 1. The largest absolute Gasteiger partial charge is 0.508 e. The second-order valence-electron chi connectivity index (χ2n) is 4.21. The average molecular weight is 292 g/mol. The van der Waals surface area contributed by atoms with Gasteiger partial charge in [-0.3, -0.25) is 14.9 Å². The molecule has 0 aliphatic carbocycles. The Labute approximate surface area is 118 Å². The molecule has 1 aromatic heterocycles. The summed E-state index contributed by atoms with van der Waals surface area (Å²) in [6.45, 7) is 1.79. The molecule has 6 nitrogen and oxygen atoms in total. The summed E-state index contributed by atoms with van der Waals surface area (Å²) in [5, 5.41) is 26.7. The van der Waals surface area contributed by atoms with E-state index in [1.165, 1.54) is 17.4 Å². The number of rotatable bonds is 4. The first-order valence-electron chi connectivity index (χ1n) is 5.79. The van der Waals surface area contributed by atoms with Gasteiger partial charge >= 0.3 is 0 Å². The van der Waals surface area contributed by atoms with Crippen LogP contribution in [-0.4, -0.2) is 15.9 Å². The van der Waals surface area contributed by atoms with Crippen LogP contribution in [0.2, 0.25) is 0 Å². The zero-order valence-corrected chi connectivity index (χ0v) is 11.4. The minimum Gasteiger partial charge on any atom is -0.508 e. The van der Waals surface area contributed by atoms with E-state index in [0.29, 0.717) is 0 Å². The van der Waals surface area contributed by atoms with Gasteiger partial charge in [0.05, 0.1) is 11.0 Å². The summed E-state index contributed by atoms with van der Waals surface area (Å²) in [4.78, 5) is 22.4. The van der Waals surface area contributed by atoms with Crippen molar-refractivity contribution in [2.75, 3.05) is 0 Å². The normalized spacial score (nSPS) is 11.8. The molecule has 0 radical (unpaired) electrons. The number of nitro benzene ring substituents is 1. The third-order valence-electron chi connectivity index (χ3n) is 2.81. The molecule has 0 fully saturated rings. The first kappa shape index (κ1) is 14.0. The zero-order valence-electron chi connectivity index (χ0n) is 10.6. The third-order valence-corrected chi connectivity index (χ3v) is 3.51. The van der Waals surface area contributed by atoms with Gasteiger partial charge in [0, 0.05) is 6.07 Å². The first-order chi connectivity index (χ1) is 9.49. The van der Waals surface area contributed by atoms with E-state index < -0.39 is 10.8 Å². The highest BCUT2D eigenvalue weighted by Crippen LogP contribution is 2.24. The summed E-state index contributed by atoms with van der Waals surface area (Å²) >= 11 is 1.50. The number of aromatic hydroxyl groups is 1. The predicted molar refractivity (Wildman–Crippen MR) is 75.0 cm³/mol. The molecule has 0 saturated heterocycles. The first-order valence-corrected chi connectivity index (χ1v) is 6.73. The number of amides is 1. The van der Waals surface area contributed by atoms with E-state index in [4.69, 9.17) is 0 Å². The molecule has 1 atom stereocenters. The van der Waals surface area contributed by atoms with Gasteiger partial charge in [-0.05, 0) is 41.4 Å². The SMILES string of the molecule is CC(NC(=O)c1cc(O)ccc1[N+](=O)[O-])c1ccsc1. The Morgan fingerprint density at radius 2 is 2.20 bits per heavy atom. The van der Waals surface area contributed by atoms with Crippen LogP contribution >= 0.6 is 11.3 Å². The number of benzene rings is 1. The van der Waals surface area contributed by atoms with Gasteiger partial charge in [-0.2, -0.15) is 11.3 Å². The Morgan fingerprint density at radius 1 is 1.45 bits per heavy atom. The van der Waals surface area contributed by atoms with Gasteiger partial charge in [-0.25, -0.2) is 0 Å². The van der Waals surface area contributed by atoms with Crippen LogP contribution in [0.25, 0.3) is 0 Å². The second-order valence-corrected chi connectivity index (χ2v) is 4.99. The molecular formula is C13H12N2O4S. The van der Waals surface area contributed by atoms with Crippen molar-refractivity contribution in [3.63, 3.8) is 0 Å². The fraction of sp³-hybridized carbons (Fsp3) is 0.154. The highest BCUT2D eigenvalue weighted by Gasteiger charge is 2.22.